The van der Waals surface area contributed by atoms with E-state index in [4.69, 9.17) is 14.0 Å². The number of methoxy groups -OCH3 is 1. The normalized spacial score (nSPS) is 17.2. The van der Waals surface area contributed by atoms with Gasteiger partial charge in [0.05, 0.1) is 12.7 Å². The molecule has 0 aliphatic carbocycles. The quantitative estimate of drug-likeness (QED) is 0.638. The minimum atomic E-state index is -4.77. The second kappa shape index (κ2) is 9.90. The molecule has 8 nitrogen and oxygen atoms in total. The summed E-state index contributed by atoms with van der Waals surface area (Å²) in [6.07, 6.45) is -2.86. The highest BCUT2D eigenvalue weighted by Gasteiger charge is 2.31. The van der Waals surface area contributed by atoms with E-state index in [0.717, 1.165) is 25.0 Å². The fourth-order valence-electron chi connectivity index (χ4n) is 3.13. The van der Waals surface area contributed by atoms with Crippen molar-refractivity contribution >= 4 is 5.91 Å². The number of hydrogen-bond acceptors (Lipinski definition) is 7. The lowest BCUT2D eigenvalue weighted by Gasteiger charge is -2.32. The van der Waals surface area contributed by atoms with Crippen molar-refractivity contribution in [3.63, 3.8) is 0 Å². The van der Waals surface area contributed by atoms with Crippen LogP contribution in [0.5, 0.6) is 5.75 Å². The lowest BCUT2D eigenvalue weighted by molar-refractivity contribution is -0.274. The van der Waals surface area contributed by atoms with Gasteiger partial charge < -0.3 is 23.6 Å². The second-order valence-electron chi connectivity index (χ2n) is 6.75. The fourth-order valence-corrected chi connectivity index (χ4v) is 3.13. The summed E-state index contributed by atoms with van der Waals surface area (Å²) in [6, 6.07) is 4.90. The van der Waals surface area contributed by atoms with Crippen LogP contribution in [0, 0.1) is 0 Å². The van der Waals surface area contributed by atoms with E-state index in [1.165, 1.54) is 19.2 Å². The van der Waals surface area contributed by atoms with Gasteiger partial charge in [-0.05, 0) is 37.1 Å². The van der Waals surface area contributed by atoms with Gasteiger partial charge in [-0.3, -0.25) is 4.79 Å². The number of carbonyl (C=O) groups is 1. The molecule has 2 aromatic rings. The Bertz CT molecular complexity index is 826. The summed E-state index contributed by atoms with van der Waals surface area (Å²) in [5, 5.41) is 3.84. The number of alkyl halides is 3. The summed E-state index contributed by atoms with van der Waals surface area (Å²) in [4.78, 5) is 18.5. The molecule has 11 heteroatoms. The summed E-state index contributed by atoms with van der Waals surface area (Å²) in [5.74, 6) is 0.291. The average Bonchev–Trinajstić information content (AvgIpc) is 3.15. The number of rotatable bonds is 8. The minimum absolute atomic E-state index is 0.138. The Morgan fingerprint density at radius 3 is 2.77 bits per heavy atom. The first kappa shape index (κ1) is 22.0. The molecule has 0 radical (unpaired) electrons. The molecular formula is C19H22F3N3O5. The summed E-state index contributed by atoms with van der Waals surface area (Å²) >= 11 is 0. The number of benzene rings is 1. The van der Waals surface area contributed by atoms with Gasteiger partial charge in [0.2, 0.25) is 0 Å². The number of carbonyl (C=O) groups excluding carboxylic acids is 1. The average molecular weight is 429 g/mol. The largest absolute Gasteiger partial charge is 0.573 e. The van der Waals surface area contributed by atoms with Gasteiger partial charge in [-0.2, -0.15) is 4.98 Å². The van der Waals surface area contributed by atoms with Gasteiger partial charge in [0, 0.05) is 32.2 Å². The number of piperidine rings is 1. The smallest absolute Gasteiger partial charge is 0.406 e. The predicted octanol–water partition coefficient (Wildman–Crippen LogP) is 2.98. The highest BCUT2D eigenvalue weighted by Crippen LogP contribution is 2.24. The fraction of sp³-hybridized carbons (Fsp3) is 0.526. The van der Waals surface area contributed by atoms with Crippen molar-refractivity contribution in [1.82, 2.24) is 15.0 Å². The van der Waals surface area contributed by atoms with Crippen LogP contribution in [-0.4, -0.2) is 60.2 Å². The molecule has 1 fully saturated rings. The van der Waals surface area contributed by atoms with E-state index in [1.807, 2.05) is 0 Å². The maximum atomic E-state index is 12.7. The third-order valence-electron chi connectivity index (χ3n) is 4.46. The van der Waals surface area contributed by atoms with Crippen LogP contribution in [0.2, 0.25) is 0 Å². The maximum Gasteiger partial charge on any atom is 0.573 e. The monoisotopic (exact) mass is 429 g/mol. The van der Waals surface area contributed by atoms with Crippen molar-refractivity contribution in [2.45, 2.75) is 38.3 Å². The SMILES string of the molecule is COCc1nc(CCOC2CCCN(C(=O)c3ccc(OC(F)(F)F)cc3)C2)no1. The number of ether oxygens (including phenoxy) is 3. The molecule has 0 spiro atoms. The van der Waals surface area contributed by atoms with Crippen LogP contribution in [0.3, 0.4) is 0 Å². The number of nitrogens with zero attached hydrogens (tertiary/aromatic N) is 3. The van der Waals surface area contributed by atoms with Gasteiger partial charge in [0.1, 0.15) is 12.4 Å². The third kappa shape index (κ3) is 6.42. The van der Waals surface area contributed by atoms with Crippen LogP contribution in [0.1, 0.15) is 34.9 Å². The maximum absolute atomic E-state index is 12.7. The first-order valence-electron chi connectivity index (χ1n) is 9.41. The lowest BCUT2D eigenvalue weighted by atomic mass is 10.1. The number of amides is 1. The molecule has 1 aromatic carbocycles. The second-order valence-corrected chi connectivity index (χ2v) is 6.75. The molecular weight excluding hydrogens is 407 g/mol. The zero-order chi connectivity index (χ0) is 21.6. The van der Waals surface area contributed by atoms with Crippen LogP contribution >= 0.6 is 0 Å². The molecule has 30 heavy (non-hydrogen) atoms. The van der Waals surface area contributed by atoms with Crippen molar-refractivity contribution in [3.8, 4) is 5.75 Å². The molecule has 2 heterocycles. The van der Waals surface area contributed by atoms with Crippen molar-refractivity contribution in [2.24, 2.45) is 0 Å². The topological polar surface area (TPSA) is 86.9 Å². The van der Waals surface area contributed by atoms with E-state index in [2.05, 4.69) is 14.9 Å². The van der Waals surface area contributed by atoms with E-state index < -0.39 is 6.36 Å². The Morgan fingerprint density at radius 2 is 2.07 bits per heavy atom. The van der Waals surface area contributed by atoms with Crippen LogP contribution < -0.4 is 4.74 Å². The molecule has 1 atom stereocenters. The first-order chi connectivity index (χ1) is 14.3. The summed E-state index contributed by atoms with van der Waals surface area (Å²) in [5.41, 5.74) is 0.294. The Kier molecular flexibility index (Phi) is 7.27. The molecule has 0 N–H and O–H groups in total. The Morgan fingerprint density at radius 1 is 1.30 bits per heavy atom. The highest BCUT2D eigenvalue weighted by atomic mass is 19.4. The molecule has 164 valence electrons. The van der Waals surface area contributed by atoms with E-state index in [-0.39, 0.29) is 24.4 Å². The van der Waals surface area contributed by atoms with Crippen molar-refractivity contribution in [1.29, 1.82) is 0 Å². The molecule has 0 saturated carbocycles. The van der Waals surface area contributed by atoms with Crippen molar-refractivity contribution in [2.75, 3.05) is 26.8 Å². The Hall–Kier alpha value is -2.66. The van der Waals surface area contributed by atoms with Crippen molar-refractivity contribution < 1.29 is 36.7 Å². The zero-order valence-electron chi connectivity index (χ0n) is 16.4. The summed E-state index contributed by atoms with van der Waals surface area (Å²) in [7, 11) is 1.54. The van der Waals surface area contributed by atoms with E-state index in [1.54, 1.807) is 4.90 Å². The standard InChI is InChI=1S/C19H22F3N3O5/c1-27-12-17-23-16(24-30-17)8-10-28-15-3-2-9-25(11-15)18(26)13-4-6-14(7-5-13)29-19(20,21)22/h4-7,15H,2-3,8-12H2,1H3. The van der Waals surface area contributed by atoms with Gasteiger partial charge in [-0.1, -0.05) is 5.16 Å². The van der Waals surface area contributed by atoms with Gasteiger partial charge in [-0.15, -0.1) is 13.2 Å². The predicted molar refractivity (Wildman–Crippen MR) is 96.7 cm³/mol. The molecule has 3 rings (SSSR count). The number of hydrogen-bond donors (Lipinski definition) is 0. The lowest BCUT2D eigenvalue weighted by Crippen LogP contribution is -2.43. The molecule has 0 bridgehead atoms. The van der Waals surface area contributed by atoms with E-state index in [9.17, 15) is 18.0 Å². The number of halogens is 3. The molecule has 1 unspecified atom stereocenters. The van der Waals surface area contributed by atoms with E-state index in [0.29, 0.717) is 43.4 Å². The molecule has 1 saturated heterocycles. The van der Waals surface area contributed by atoms with E-state index >= 15 is 0 Å². The van der Waals surface area contributed by atoms with Gasteiger partial charge in [0.15, 0.2) is 5.82 Å². The molecule has 1 aliphatic heterocycles. The first-order valence-corrected chi connectivity index (χ1v) is 9.41. The zero-order valence-corrected chi connectivity index (χ0v) is 16.4. The number of likely N-dealkylation sites (tertiary alicyclic amines) is 1. The third-order valence-corrected chi connectivity index (χ3v) is 4.46. The minimum Gasteiger partial charge on any atom is -0.406 e. The van der Waals surface area contributed by atoms with Gasteiger partial charge >= 0.3 is 6.36 Å². The van der Waals surface area contributed by atoms with Crippen LogP contribution in [0.15, 0.2) is 28.8 Å². The molecule has 1 aromatic heterocycles. The van der Waals surface area contributed by atoms with Crippen molar-refractivity contribution in [3.05, 3.63) is 41.5 Å². The van der Waals surface area contributed by atoms with Gasteiger partial charge in [0.25, 0.3) is 11.8 Å². The highest BCUT2D eigenvalue weighted by molar-refractivity contribution is 5.94. The molecule has 1 amide bonds. The van der Waals surface area contributed by atoms with Crippen LogP contribution in [-0.2, 0) is 22.5 Å². The summed E-state index contributed by atoms with van der Waals surface area (Å²) in [6.45, 7) is 1.59. The Labute approximate surface area is 170 Å². The van der Waals surface area contributed by atoms with Crippen LogP contribution in [0.4, 0.5) is 13.2 Å². The summed E-state index contributed by atoms with van der Waals surface area (Å²) < 4.78 is 56.4. The van der Waals surface area contributed by atoms with Crippen LogP contribution in [0.25, 0.3) is 0 Å². The number of aromatic nitrogens is 2. The molecule has 1 aliphatic rings. The van der Waals surface area contributed by atoms with Gasteiger partial charge in [-0.25, -0.2) is 0 Å². The Balaban J connectivity index is 1.48.